The van der Waals surface area contributed by atoms with E-state index in [1.165, 1.54) is 19.4 Å². The molecule has 0 N–H and O–H groups in total. The number of carbonyl (C=O) groups excluding carboxylic acids is 1. The molecule has 4 nitrogen and oxygen atoms in total. The van der Waals surface area contributed by atoms with Gasteiger partial charge in [0, 0.05) is 5.56 Å². The number of hydrogen-bond donors (Lipinski definition) is 0. The minimum absolute atomic E-state index is 0.0668. The van der Waals surface area contributed by atoms with Gasteiger partial charge >= 0.3 is 10.1 Å². The molecule has 0 spiro atoms. The minimum atomic E-state index is -3.59. The topological polar surface area (TPSA) is 60.4 Å². The summed E-state index contributed by atoms with van der Waals surface area (Å²) < 4.78 is 29.2. The maximum atomic E-state index is 12.0. The number of Topliss-reactive ketones (excluding diaryl/α,β-unsaturated/α-hetero) is 1. The van der Waals surface area contributed by atoms with Gasteiger partial charge in [-0.2, -0.15) is 8.42 Å². The molecule has 0 aliphatic heterocycles. The lowest BCUT2D eigenvalue weighted by Crippen LogP contribution is -2.22. The van der Waals surface area contributed by atoms with Crippen LogP contribution in [0.2, 0.25) is 0 Å². The second-order valence-corrected chi connectivity index (χ2v) is 7.01. The van der Waals surface area contributed by atoms with Gasteiger partial charge in [0.15, 0.2) is 5.78 Å². The molecule has 0 bridgehead atoms. The van der Waals surface area contributed by atoms with Crippen molar-refractivity contribution in [3.8, 4) is 5.75 Å². The molecule has 1 fully saturated rings. The van der Waals surface area contributed by atoms with Gasteiger partial charge in [0.2, 0.25) is 0 Å². The molecule has 0 atom stereocenters. The summed E-state index contributed by atoms with van der Waals surface area (Å²) in [5.41, 5.74) is 0.454. The molecule has 20 heavy (non-hydrogen) atoms. The number of benzene rings is 1. The smallest absolute Gasteiger partial charge is 0.309 e. The molecule has 0 saturated heterocycles. The van der Waals surface area contributed by atoms with E-state index < -0.39 is 10.1 Å². The number of carbonyl (C=O) groups is 1. The zero-order valence-corrected chi connectivity index (χ0v) is 12.5. The van der Waals surface area contributed by atoms with Crippen molar-refractivity contribution in [3.63, 3.8) is 0 Å². The van der Waals surface area contributed by atoms with Gasteiger partial charge in [-0.25, -0.2) is 0 Å². The third-order valence-corrected chi connectivity index (χ3v) is 4.95. The molecule has 1 aliphatic rings. The molecule has 0 amide bonds. The first-order valence-electron chi connectivity index (χ1n) is 6.99. The highest BCUT2D eigenvalue weighted by molar-refractivity contribution is 7.87. The Morgan fingerprint density at radius 2 is 1.95 bits per heavy atom. The Morgan fingerprint density at radius 3 is 2.60 bits per heavy atom. The standard InChI is InChI=1S/C15H20O4S/c1-12(16)14-8-5-9-15(10-14)19-20(17,18)11-13-6-3-2-4-7-13/h5,8-10,13H,2-4,6-7,11H2,1H3. The summed E-state index contributed by atoms with van der Waals surface area (Å²) in [5.74, 6) is 0.371. The molecule has 1 aromatic carbocycles. The highest BCUT2D eigenvalue weighted by Gasteiger charge is 2.23. The fraction of sp³-hybridized carbons (Fsp3) is 0.533. The second kappa shape index (κ2) is 6.39. The van der Waals surface area contributed by atoms with E-state index in [1.54, 1.807) is 18.2 Å². The molecular weight excluding hydrogens is 276 g/mol. The molecule has 2 rings (SSSR count). The average Bonchev–Trinajstić information content (AvgIpc) is 2.39. The zero-order valence-electron chi connectivity index (χ0n) is 11.7. The monoisotopic (exact) mass is 296 g/mol. The lowest BCUT2D eigenvalue weighted by atomic mass is 9.91. The number of hydrogen-bond acceptors (Lipinski definition) is 4. The van der Waals surface area contributed by atoms with Crippen molar-refractivity contribution in [2.45, 2.75) is 39.0 Å². The Morgan fingerprint density at radius 1 is 1.25 bits per heavy atom. The largest absolute Gasteiger partial charge is 0.382 e. The molecule has 110 valence electrons. The van der Waals surface area contributed by atoms with Gasteiger partial charge in [-0.15, -0.1) is 0 Å². The third-order valence-electron chi connectivity index (χ3n) is 3.63. The van der Waals surface area contributed by atoms with Gasteiger partial charge < -0.3 is 4.18 Å². The zero-order chi connectivity index (χ0) is 14.6. The summed E-state index contributed by atoms with van der Waals surface area (Å²) in [6.07, 6.45) is 5.30. The molecule has 0 heterocycles. The van der Waals surface area contributed by atoms with Crippen molar-refractivity contribution in [2.24, 2.45) is 5.92 Å². The quantitative estimate of drug-likeness (QED) is 0.618. The maximum Gasteiger partial charge on any atom is 0.309 e. The van der Waals surface area contributed by atoms with Crippen LogP contribution in [0.25, 0.3) is 0 Å². The molecule has 0 aromatic heterocycles. The molecule has 5 heteroatoms. The van der Waals surface area contributed by atoms with Crippen LogP contribution in [0, 0.1) is 5.92 Å². The molecule has 0 radical (unpaired) electrons. The fourth-order valence-corrected chi connectivity index (χ4v) is 3.97. The Kier molecular flexibility index (Phi) is 4.81. The van der Waals surface area contributed by atoms with Gasteiger partial charge in [0.05, 0.1) is 5.75 Å². The predicted octanol–water partition coefficient (Wildman–Crippen LogP) is 3.18. The van der Waals surface area contributed by atoms with E-state index in [0.29, 0.717) is 5.56 Å². The van der Waals surface area contributed by atoms with Crippen LogP contribution in [0.1, 0.15) is 49.4 Å². The molecule has 1 aliphatic carbocycles. The van der Waals surface area contributed by atoms with Crippen LogP contribution in [-0.4, -0.2) is 20.0 Å². The molecule has 1 aromatic rings. The van der Waals surface area contributed by atoms with Crippen LogP contribution >= 0.6 is 0 Å². The van der Waals surface area contributed by atoms with Gasteiger partial charge in [-0.1, -0.05) is 31.4 Å². The maximum absolute atomic E-state index is 12.0. The average molecular weight is 296 g/mol. The Bertz CT molecular complexity index is 571. The summed E-state index contributed by atoms with van der Waals surface area (Å²) in [6, 6.07) is 6.30. The Balaban J connectivity index is 2.03. The van der Waals surface area contributed by atoms with Crippen molar-refractivity contribution in [2.75, 3.05) is 5.75 Å². The van der Waals surface area contributed by atoms with Crippen LogP contribution in [0.4, 0.5) is 0 Å². The van der Waals surface area contributed by atoms with Gasteiger partial charge in [-0.05, 0) is 37.8 Å². The molecular formula is C15H20O4S. The molecule has 0 unspecified atom stereocenters. The van der Waals surface area contributed by atoms with E-state index in [2.05, 4.69) is 0 Å². The van der Waals surface area contributed by atoms with E-state index in [4.69, 9.17) is 4.18 Å². The highest BCUT2D eigenvalue weighted by Crippen LogP contribution is 2.26. The van der Waals surface area contributed by atoms with Crippen molar-refractivity contribution < 1.29 is 17.4 Å². The highest BCUT2D eigenvalue weighted by atomic mass is 32.2. The van der Waals surface area contributed by atoms with Crippen LogP contribution in [0.5, 0.6) is 5.75 Å². The summed E-state index contributed by atoms with van der Waals surface area (Å²) in [6.45, 7) is 1.44. The molecule has 1 saturated carbocycles. The van der Waals surface area contributed by atoms with Gasteiger partial charge in [0.25, 0.3) is 0 Å². The van der Waals surface area contributed by atoms with E-state index in [1.807, 2.05) is 0 Å². The third kappa shape index (κ3) is 4.34. The van der Waals surface area contributed by atoms with Crippen molar-refractivity contribution in [3.05, 3.63) is 29.8 Å². The summed E-state index contributed by atoms with van der Waals surface area (Å²) in [7, 11) is -3.59. The summed E-state index contributed by atoms with van der Waals surface area (Å²) in [5, 5.41) is 0. The van der Waals surface area contributed by atoms with Crippen molar-refractivity contribution >= 4 is 15.9 Å². The van der Waals surface area contributed by atoms with Crippen LogP contribution < -0.4 is 4.18 Å². The Hall–Kier alpha value is -1.36. The summed E-state index contributed by atoms with van der Waals surface area (Å²) in [4.78, 5) is 11.3. The van der Waals surface area contributed by atoms with E-state index >= 15 is 0 Å². The SMILES string of the molecule is CC(=O)c1cccc(OS(=O)(=O)CC2CCCCC2)c1. The fourth-order valence-electron chi connectivity index (χ4n) is 2.59. The van der Waals surface area contributed by atoms with Crippen LogP contribution in [-0.2, 0) is 10.1 Å². The van der Waals surface area contributed by atoms with Gasteiger partial charge in [-0.3, -0.25) is 4.79 Å². The van der Waals surface area contributed by atoms with E-state index in [-0.39, 0.29) is 23.2 Å². The minimum Gasteiger partial charge on any atom is -0.382 e. The lowest BCUT2D eigenvalue weighted by Gasteiger charge is -2.21. The van der Waals surface area contributed by atoms with Crippen molar-refractivity contribution in [1.29, 1.82) is 0 Å². The second-order valence-electron chi connectivity index (χ2n) is 5.40. The van der Waals surface area contributed by atoms with E-state index in [9.17, 15) is 13.2 Å². The lowest BCUT2D eigenvalue weighted by molar-refractivity contribution is 0.101. The Labute approximate surface area is 120 Å². The van der Waals surface area contributed by atoms with Crippen LogP contribution in [0.15, 0.2) is 24.3 Å². The first-order chi connectivity index (χ1) is 9.46. The van der Waals surface area contributed by atoms with Crippen molar-refractivity contribution in [1.82, 2.24) is 0 Å². The number of ketones is 1. The first-order valence-corrected chi connectivity index (χ1v) is 8.57. The first kappa shape index (κ1) is 15.0. The predicted molar refractivity (Wildman–Crippen MR) is 77.4 cm³/mol. The van der Waals surface area contributed by atoms with Gasteiger partial charge in [0.1, 0.15) is 5.75 Å². The van der Waals surface area contributed by atoms with E-state index in [0.717, 1.165) is 25.7 Å². The number of rotatable bonds is 5. The normalized spacial score (nSPS) is 16.9. The van der Waals surface area contributed by atoms with Crippen LogP contribution in [0.3, 0.4) is 0 Å². The summed E-state index contributed by atoms with van der Waals surface area (Å²) >= 11 is 0.